The van der Waals surface area contributed by atoms with E-state index in [1.165, 1.54) is 0 Å². The standard InChI is InChI=1S/C21H23ClO5/c1-3-25-19(23)12-7-13-27-16-9-5-8-15(14-16)17-10-6-11-18(20(17)22)21(24)26-4-2/h5-6,8-11,14H,3-4,7,12-13H2,1-2H3. The van der Waals surface area contributed by atoms with E-state index in [-0.39, 0.29) is 12.6 Å². The Labute approximate surface area is 164 Å². The Kier molecular flexibility index (Phi) is 8.14. The highest BCUT2D eigenvalue weighted by Crippen LogP contribution is 2.33. The van der Waals surface area contributed by atoms with Crippen LogP contribution in [0, 0.1) is 0 Å². The molecule has 0 saturated carbocycles. The maximum atomic E-state index is 12.0. The summed E-state index contributed by atoms with van der Waals surface area (Å²) in [6, 6.07) is 12.7. The lowest BCUT2D eigenvalue weighted by atomic mass is 10.0. The molecule has 2 rings (SSSR count). The summed E-state index contributed by atoms with van der Waals surface area (Å²) in [5.41, 5.74) is 1.88. The molecular formula is C21H23ClO5. The molecule has 0 atom stereocenters. The predicted molar refractivity (Wildman–Crippen MR) is 104 cm³/mol. The highest BCUT2D eigenvalue weighted by molar-refractivity contribution is 6.36. The number of hydrogen-bond donors (Lipinski definition) is 0. The van der Waals surface area contributed by atoms with E-state index in [0.717, 1.165) is 11.1 Å². The summed E-state index contributed by atoms with van der Waals surface area (Å²) in [7, 11) is 0. The highest BCUT2D eigenvalue weighted by atomic mass is 35.5. The van der Waals surface area contributed by atoms with Crippen molar-refractivity contribution in [1.29, 1.82) is 0 Å². The summed E-state index contributed by atoms with van der Waals surface area (Å²) in [6.45, 7) is 4.60. The fourth-order valence-electron chi connectivity index (χ4n) is 2.51. The van der Waals surface area contributed by atoms with Gasteiger partial charge >= 0.3 is 11.9 Å². The number of benzene rings is 2. The minimum Gasteiger partial charge on any atom is -0.494 e. The topological polar surface area (TPSA) is 61.8 Å². The lowest BCUT2D eigenvalue weighted by Gasteiger charge is -2.11. The Bertz CT molecular complexity index is 788. The Morgan fingerprint density at radius 3 is 2.48 bits per heavy atom. The summed E-state index contributed by atoms with van der Waals surface area (Å²) < 4.78 is 15.6. The van der Waals surface area contributed by atoms with Gasteiger partial charge in [-0.15, -0.1) is 0 Å². The molecule has 0 spiro atoms. The van der Waals surface area contributed by atoms with Crippen LogP contribution in [0.3, 0.4) is 0 Å². The van der Waals surface area contributed by atoms with Crippen molar-refractivity contribution in [3.63, 3.8) is 0 Å². The van der Waals surface area contributed by atoms with Crippen LogP contribution in [0.4, 0.5) is 0 Å². The molecule has 0 saturated heterocycles. The summed E-state index contributed by atoms with van der Waals surface area (Å²) in [5, 5.41) is 0.343. The monoisotopic (exact) mass is 390 g/mol. The SMILES string of the molecule is CCOC(=O)CCCOc1cccc(-c2cccc(C(=O)OCC)c2Cl)c1. The van der Waals surface area contributed by atoms with Gasteiger partial charge in [-0.3, -0.25) is 4.79 Å². The molecule has 27 heavy (non-hydrogen) atoms. The van der Waals surface area contributed by atoms with Gasteiger partial charge in [-0.25, -0.2) is 4.79 Å². The first-order chi connectivity index (χ1) is 13.1. The molecule has 2 aromatic rings. The minimum atomic E-state index is -0.448. The molecule has 0 heterocycles. The number of rotatable bonds is 9. The van der Waals surface area contributed by atoms with Crippen molar-refractivity contribution < 1.29 is 23.8 Å². The lowest BCUT2D eigenvalue weighted by molar-refractivity contribution is -0.143. The maximum Gasteiger partial charge on any atom is 0.339 e. The van der Waals surface area contributed by atoms with Gasteiger partial charge in [0, 0.05) is 12.0 Å². The van der Waals surface area contributed by atoms with Crippen molar-refractivity contribution in [3.8, 4) is 16.9 Å². The molecule has 0 radical (unpaired) electrons. The number of ether oxygens (including phenoxy) is 3. The smallest absolute Gasteiger partial charge is 0.339 e. The van der Waals surface area contributed by atoms with Crippen LogP contribution in [-0.4, -0.2) is 31.8 Å². The molecule has 144 valence electrons. The van der Waals surface area contributed by atoms with Gasteiger partial charge < -0.3 is 14.2 Å². The third-order valence-corrected chi connectivity index (χ3v) is 4.15. The molecule has 5 nitrogen and oxygen atoms in total. The second kappa shape index (κ2) is 10.6. The van der Waals surface area contributed by atoms with E-state index in [0.29, 0.717) is 42.4 Å². The molecule has 0 amide bonds. The Balaban J connectivity index is 2.08. The van der Waals surface area contributed by atoms with Crippen LogP contribution >= 0.6 is 11.6 Å². The quantitative estimate of drug-likeness (QED) is 0.450. The Morgan fingerprint density at radius 2 is 1.74 bits per heavy atom. The number of carbonyl (C=O) groups is 2. The molecule has 2 aromatic carbocycles. The maximum absolute atomic E-state index is 12.0. The number of halogens is 1. The number of esters is 2. The van der Waals surface area contributed by atoms with E-state index in [9.17, 15) is 9.59 Å². The van der Waals surface area contributed by atoms with E-state index >= 15 is 0 Å². The van der Waals surface area contributed by atoms with Crippen LogP contribution in [0.15, 0.2) is 42.5 Å². The van der Waals surface area contributed by atoms with Gasteiger partial charge in [0.1, 0.15) is 5.75 Å². The van der Waals surface area contributed by atoms with Crippen LogP contribution < -0.4 is 4.74 Å². The molecule has 0 aliphatic rings. The molecule has 0 aliphatic carbocycles. The Hall–Kier alpha value is -2.53. The number of carbonyl (C=O) groups excluding carboxylic acids is 2. The van der Waals surface area contributed by atoms with E-state index in [4.69, 9.17) is 25.8 Å². The van der Waals surface area contributed by atoms with Gasteiger partial charge in [0.05, 0.1) is 30.4 Å². The van der Waals surface area contributed by atoms with E-state index < -0.39 is 5.97 Å². The van der Waals surface area contributed by atoms with Gasteiger partial charge in [-0.05, 0) is 44.0 Å². The molecule has 0 N–H and O–H groups in total. The summed E-state index contributed by atoms with van der Waals surface area (Å²) in [5.74, 6) is -0.0119. The first kappa shape index (κ1) is 20.8. The van der Waals surface area contributed by atoms with Gasteiger partial charge in [0.15, 0.2) is 0 Å². The molecule has 0 unspecified atom stereocenters. The molecule has 6 heteroatoms. The summed E-state index contributed by atoms with van der Waals surface area (Å²) in [4.78, 5) is 23.4. The fourth-order valence-corrected chi connectivity index (χ4v) is 2.83. The average molecular weight is 391 g/mol. The predicted octanol–water partition coefficient (Wildman–Crippen LogP) is 4.91. The average Bonchev–Trinajstić information content (AvgIpc) is 2.66. The van der Waals surface area contributed by atoms with Crippen LogP contribution in [0.1, 0.15) is 37.0 Å². The third-order valence-electron chi connectivity index (χ3n) is 3.74. The van der Waals surface area contributed by atoms with Crippen LogP contribution in [0.2, 0.25) is 5.02 Å². The van der Waals surface area contributed by atoms with Gasteiger partial charge in [0.2, 0.25) is 0 Å². The molecule has 0 fully saturated rings. The zero-order valence-electron chi connectivity index (χ0n) is 15.5. The van der Waals surface area contributed by atoms with Crippen molar-refractivity contribution in [2.75, 3.05) is 19.8 Å². The van der Waals surface area contributed by atoms with Crippen LogP contribution in [-0.2, 0) is 14.3 Å². The number of hydrogen-bond acceptors (Lipinski definition) is 5. The second-order valence-electron chi connectivity index (χ2n) is 5.67. The van der Waals surface area contributed by atoms with Crippen LogP contribution in [0.5, 0.6) is 5.75 Å². The highest BCUT2D eigenvalue weighted by Gasteiger charge is 2.15. The van der Waals surface area contributed by atoms with Crippen molar-refractivity contribution in [2.24, 2.45) is 0 Å². The lowest BCUT2D eigenvalue weighted by Crippen LogP contribution is -2.07. The van der Waals surface area contributed by atoms with Gasteiger partial charge in [0.25, 0.3) is 0 Å². The van der Waals surface area contributed by atoms with Crippen molar-refractivity contribution in [2.45, 2.75) is 26.7 Å². The van der Waals surface area contributed by atoms with Crippen molar-refractivity contribution in [3.05, 3.63) is 53.1 Å². The fraction of sp³-hybridized carbons (Fsp3) is 0.333. The van der Waals surface area contributed by atoms with E-state index in [1.54, 1.807) is 26.0 Å². The first-order valence-electron chi connectivity index (χ1n) is 8.91. The molecule has 0 bridgehead atoms. The molecular weight excluding hydrogens is 368 g/mol. The van der Waals surface area contributed by atoms with Crippen LogP contribution in [0.25, 0.3) is 11.1 Å². The normalized spacial score (nSPS) is 10.3. The van der Waals surface area contributed by atoms with Crippen molar-refractivity contribution >= 4 is 23.5 Å². The summed E-state index contributed by atoms with van der Waals surface area (Å²) in [6.07, 6.45) is 0.892. The minimum absolute atomic E-state index is 0.225. The molecule has 0 aliphatic heterocycles. The zero-order chi connectivity index (χ0) is 19.6. The van der Waals surface area contributed by atoms with E-state index in [2.05, 4.69) is 0 Å². The Morgan fingerprint density at radius 1 is 1.00 bits per heavy atom. The second-order valence-corrected chi connectivity index (χ2v) is 6.05. The molecule has 0 aromatic heterocycles. The zero-order valence-corrected chi connectivity index (χ0v) is 16.3. The van der Waals surface area contributed by atoms with Crippen molar-refractivity contribution in [1.82, 2.24) is 0 Å². The van der Waals surface area contributed by atoms with Gasteiger partial charge in [-0.1, -0.05) is 35.9 Å². The largest absolute Gasteiger partial charge is 0.494 e. The summed E-state index contributed by atoms with van der Waals surface area (Å²) >= 11 is 6.42. The van der Waals surface area contributed by atoms with E-state index in [1.807, 2.05) is 30.3 Å². The van der Waals surface area contributed by atoms with Gasteiger partial charge in [-0.2, -0.15) is 0 Å². The first-order valence-corrected chi connectivity index (χ1v) is 9.29. The third kappa shape index (κ3) is 6.00.